The van der Waals surface area contributed by atoms with E-state index in [1.165, 1.54) is 27.2 Å². The maximum Gasteiger partial charge on any atom is 0.0951 e. The number of nitrogens with zero attached hydrogens (tertiary/aromatic N) is 2. The van der Waals surface area contributed by atoms with Crippen LogP contribution in [-0.2, 0) is 6.54 Å². The highest BCUT2D eigenvalue weighted by atomic mass is 79.9. The molecule has 0 amide bonds. The van der Waals surface area contributed by atoms with E-state index in [2.05, 4.69) is 42.9 Å². The smallest absolute Gasteiger partial charge is 0.0951 e. The highest BCUT2D eigenvalue weighted by Crippen LogP contribution is 2.27. The maximum absolute atomic E-state index is 4.34. The lowest BCUT2D eigenvalue weighted by Crippen LogP contribution is -2.27. The number of aromatic nitrogens is 2. The fourth-order valence-corrected chi connectivity index (χ4v) is 4.01. The molecule has 3 heterocycles. The summed E-state index contributed by atoms with van der Waals surface area (Å²) >= 11 is 5.31. The fourth-order valence-electron chi connectivity index (χ4n) is 2.53. The summed E-state index contributed by atoms with van der Waals surface area (Å²) in [6.07, 6.45) is 6.45. The van der Waals surface area contributed by atoms with Crippen molar-refractivity contribution in [1.29, 1.82) is 0 Å². The van der Waals surface area contributed by atoms with Gasteiger partial charge in [0.15, 0.2) is 0 Å². The van der Waals surface area contributed by atoms with E-state index < -0.39 is 0 Å². The molecule has 0 saturated carbocycles. The third kappa shape index (κ3) is 2.68. The Kier molecular flexibility index (Phi) is 3.82. The van der Waals surface area contributed by atoms with E-state index in [1.807, 2.05) is 12.5 Å². The molecule has 1 fully saturated rings. The molecule has 96 valence electrons. The largest absolute Gasteiger partial charge is 0.329 e. The van der Waals surface area contributed by atoms with E-state index in [-0.39, 0.29) is 0 Å². The van der Waals surface area contributed by atoms with Gasteiger partial charge in [-0.1, -0.05) is 0 Å². The molecule has 1 aliphatic heterocycles. The third-order valence-corrected chi connectivity index (χ3v) is 5.07. The molecule has 1 N–H and O–H groups in total. The van der Waals surface area contributed by atoms with Gasteiger partial charge in [0, 0.05) is 22.7 Å². The van der Waals surface area contributed by atoms with E-state index in [0.717, 1.165) is 19.6 Å². The molecule has 0 atom stereocenters. The molecule has 3 rings (SSSR count). The summed E-state index contributed by atoms with van der Waals surface area (Å²) in [6.45, 7) is 3.19. The summed E-state index contributed by atoms with van der Waals surface area (Å²) < 4.78 is 3.50. The van der Waals surface area contributed by atoms with E-state index in [4.69, 9.17) is 0 Å². The van der Waals surface area contributed by atoms with Crippen molar-refractivity contribution in [2.75, 3.05) is 13.1 Å². The van der Waals surface area contributed by atoms with Crippen LogP contribution in [0.1, 0.15) is 29.3 Å². The van der Waals surface area contributed by atoms with Gasteiger partial charge in [0.05, 0.1) is 16.7 Å². The lowest BCUT2D eigenvalue weighted by molar-refractivity contribution is 0.442. The maximum atomic E-state index is 4.34. The van der Waals surface area contributed by atoms with Crippen LogP contribution in [0.4, 0.5) is 0 Å². The first kappa shape index (κ1) is 12.4. The predicted molar refractivity (Wildman–Crippen MR) is 78.2 cm³/mol. The molecule has 0 bridgehead atoms. The Labute approximate surface area is 119 Å². The predicted octanol–water partition coefficient (Wildman–Crippen LogP) is 3.22. The molecule has 2 aromatic heterocycles. The quantitative estimate of drug-likeness (QED) is 0.939. The average molecular weight is 326 g/mol. The van der Waals surface area contributed by atoms with Crippen molar-refractivity contribution in [3.63, 3.8) is 0 Å². The van der Waals surface area contributed by atoms with Crippen LogP contribution < -0.4 is 5.32 Å². The zero-order valence-corrected chi connectivity index (χ0v) is 12.5. The Morgan fingerprint density at radius 3 is 2.94 bits per heavy atom. The van der Waals surface area contributed by atoms with E-state index >= 15 is 0 Å². The van der Waals surface area contributed by atoms with Crippen molar-refractivity contribution < 1.29 is 0 Å². The summed E-state index contributed by atoms with van der Waals surface area (Å²) in [5.74, 6) is 0.664. The number of halogens is 1. The van der Waals surface area contributed by atoms with Gasteiger partial charge >= 0.3 is 0 Å². The lowest BCUT2D eigenvalue weighted by Gasteiger charge is -2.23. The van der Waals surface area contributed by atoms with Crippen molar-refractivity contribution in [2.24, 2.45) is 0 Å². The first-order valence-corrected chi connectivity index (χ1v) is 7.89. The van der Waals surface area contributed by atoms with E-state index in [1.54, 1.807) is 11.3 Å². The summed E-state index contributed by atoms with van der Waals surface area (Å²) in [5, 5.41) is 3.42. The Morgan fingerprint density at radius 1 is 1.39 bits per heavy atom. The molecule has 0 radical (unpaired) electrons. The number of nitrogens with one attached hydrogen (secondary N) is 1. The van der Waals surface area contributed by atoms with Gasteiger partial charge in [0.1, 0.15) is 0 Å². The molecule has 1 aliphatic rings. The molecule has 0 aliphatic carbocycles. The first-order valence-electron chi connectivity index (χ1n) is 6.28. The molecule has 1 saturated heterocycles. The minimum absolute atomic E-state index is 0.664. The molecule has 2 aromatic rings. The van der Waals surface area contributed by atoms with Crippen LogP contribution in [0.2, 0.25) is 0 Å². The Hall–Kier alpha value is -0.650. The van der Waals surface area contributed by atoms with Gasteiger partial charge < -0.3 is 9.88 Å². The second-order valence-corrected chi connectivity index (χ2v) is 7.22. The molecular formula is C13H16BrN3S. The third-order valence-electron chi connectivity index (χ3n) is 3.46. The molecule has 5 heteroatoms. The number of hydrogen-bond acceptors (Lipinski definition) is 3. The Bertz CT molecular complexity index is 514. The summed E-state index contributed by atoms with van der Waals surface area (Å²) in [6, 6.07) is 4.29. The van der Waals surface area contributed by atoms with Crippen LogP contribution >= 0.6 is 27.3 Å². The number of thiophene rings is 1. The number of imidazole rings is 1. The fraction of sp³-hybridized carbons (Fsp3) is 0.462. The van der Waals surface area contributed by atoms with E-state index in [9.17, 15) is 0 Å². The van der Waals surface area contributed by atoms with Gasteiger partial charge in [-0.3, -0.25) is 0 Å². The van der Waals surface area contributed by atoms with Crippen LogP contribution in [0.25, 0.3) is 0 Å². The van der Waals surface area contributed by atoms with Crippen LogP contribution in [0.5, 0.6) is 0 Å². The second kappa shape index (κ2) is 5.55. The van der Waals surface area contributed by atoms with Gasteiger partial charge in [-0.05, 0) is 54.0 Å². The Morgan fingerprint density at radius 2 is 2.22 bits per heavy atom. The average Bonchev–Trinajstić information content (AvgIpc) is 3.00. The van der Waals surface area contributed by atoms with Crippen LogP contribution in [0.15, 0.2) is 28.4 Å². The van der Waals surface area contributed by atoms with Crippen molar-refractivity contribution in [3.05, 3.63) is 39.0 Å². The highest BCUT2D eigenvalue weighted by Gasteiger charge is 2.18. The van der Waals surface area contributed by atoms with Crippen molar-refractivity contribution in [3.8, 4) is 0 Å². The molecule has 3 nitrogen and oxygen atoms in total. The second-order valence-electron chi connectivity index (χ2n) is 4.68. The highest BCUT2D eigenvalue weighted by molar-refractivity contribution is 9.11. The van der Waals surface area contributed by atoms with E-state index in [0.29, 0.717) is 5.92 Å². The zero-order chi connectivity index (χ0) is 12.4. The van der Waals surface area contributed by atoms with Gasteiger partial charge in [-0.2, -0.15) is 0 Å². The van der Waals surface area contributed by atoms with Crippen LogP contribution in [-0.4, -0.2) is 22.6 Å². The van der Waals surface area contributed by atoms with Crippen molar-refractivity contribution in [2.45, 2.75) is 25.3 Å². The van der Waals surface area contributed by atoms with Crippen molar-refractivity contribution in [1.82, 2.24) is 14.9 Å². The molecule has 18 heavy (non-hydrogen) atoms. The molecule has 0 unspecified atom stereocenters. The minimum atomic E-state index is 0.664. The van der Waals surface area contributed by atoms with Gasteiger partial charge in [0.2, 0.25) is 0 Å². The van der Waals surface area contributed by atoms with Gasteiger partial charge in [-0.25, -0.2) is 4.98 Å². The molecule has 0 spiro atoms. The summed E-state index contributed by atoms with van der Waals surface area (Å²) in [5.41, 5.74) is 1.39. The summed E-state index contributed by atoms with van der Waals surface area (Å²) in [7, 11) is 0. The monoisotopic (exact) mass is 325 g/mol. The van der Waals surface area contributed by atoms with Crippen LogP contribution in [0.3, 0.4) is 0 Å². The number of hydrogen-bond donors (Lipinski definition) is 1. The lowest BCUT2D eigenvalue weighted by atomic mass is 9.95. The SMILES string of the molecule is Brc1ccc(Cn2cncc2C2CCNCC2)s1. The zero-order valence-electron chi connectivity index (χ0n) is 10.1. The normalized spacial score (nSPS) is 17.2. The number of piperidine rings is 1. The topological polar surface area (TPSA) is 29.9 Å². The molecule has 0 aromatic carbocycles. The standard InChI is InChI=1S/C13H16BrN3S/c14-13-2-1-11(18-13)8-17-9-16-7-12(17)10-3-5-15-6-4-10/h1-2,7,9-10,15H,3-6,8H2. The van der Waals surface area contributed by atoms with Gasteiger partial charge in [0.25, 0.3) is 0 Å². The minimum Gasteiger partial charge on any atom is -0.329 e. The van der Waals surface area contributed by atoms with Crippen molar-refractivity contribution >= 4 is 27.3 Å². The molecular weight excluding hydrogens is 310 g/mol. The van der Waals surface area contributed by atoms with Crippen LogP contribution in [0, 0.1) is 0 Å². The first-order chi connectivity index (χ1) is 8.83. The number of rotatable bonds is 3. The van der Waals surface area contributed by atoms with Gasteiger partial charge in [-0.15, -0.1) is 11.3 Å². The Balaban J connectivity index is 1.78. The summed E-state index contributed by atoms with van der Waals surface area (Å²) in [4.78, 5) is 5.71.